The van der Waals surface area contributed by atoms with Crippen molar-refractivity contribution in [2.24, 2.45) is 0 Å². The largest absolute Gasteiger partial charge is 0.471 e. The number of amides is 1. The van der Waals surface area contributed by atoms with E-state index in [4.69, 9.17) is 21.7 Å². The van der Waals surface area contributed by atoms with E-state index in [9.17, 15) is 9.59 Å². The molecule has 19 heavy (non-hydrogen) atoms. The maximum atomic E-state index is 11.2. The first-order chi connectivity index (χ1) is 9.10. The highest BCUT2D eigenvalue weighted by atomic mass is 32.1. The predicted molar refractivity (Wildman–Crippen MR) is 73.8 cm³/mol. The van der Waals surface area contributed by atoms with Crippen LogP contribution in [0.5, 0.6) is 0 Å². The minimum absolute atomic E-state index is 0.0576. The minimum atomic E-state index is -0.647. The highest BCUT2D eigenvalue weighted by Crippen LogP contribution is 1.96. The van der Waals surface area contributed by atoms with Crippen molar-refractivity contribution in [2.75, 3.05) is 19.8 Å². The van der Waals surface area contributed by atoms with Crippen LogP contribution < -0.4 is 5.32 Å². The monoisotopic (exact) mass is 291 g/mol. The van der Waals surface area contributed by atoms with Crippen molar-refractivity contribution < 1.29 is 23.8 Å². The summed E-state index contributed by atoms with van der Waals surface area (Å²) in [5, 5.41) is 2.19. The van der Waals surface area contributed by atoms with Gasteiger partial charge in [0.05, 0.1) is 19.8 Å². The summed E-state index contributed by atoms with van der Waals surface area (Å²) < 4.78 is 14.6. The minimum Gasteiger partial charge on any atom is -0.471 e. The standard InChI is InChI=1S/C12H21NO5S/c1-3-5-8-17-10(14)7-6-9-18-12(19)13-11(15)16-4-2/h3-9H2,1-2H3,(H,13,15,19). The van der Waals surface area contributed by atoms with Crippen LogP contribution in [0, 0.1) is 0 Å². The number of ether oxygens (including phenoxy) is 3. The maximum Gasteiger partial charge on any atom is 0.414 e. The number of hydrogen-bond acceptors (Lipinski definition) is 6. The molecule has 1 N–H and O–H groups in total. The lowest BCUT2D eigenvalue weighted by Crippen LogP contribution is -2.31. The molecule has 0 saturated heterocycles. The number of nitrogens with one attached hydrogen (secondary N) is 1. The average molecular weight is 291 g/mol. The fourth-order valence-corrected chi connectivity index (χ4v) is 1.24. The number of carbonyl (C=O) groups excluding carboxylic acids is 2. The van der Waals surface area contributed by atoms with Crippen LogP contribution in [0.1, 0.15) is 39.5 Å². The second kappa shape index (κ2) is 11.7. The van der Waals surface area contributed by atoms with Crippen molar-refractivity contribution >= 4 is 29.5 Å². The van der Waals surface area contributed by atoms with Crippen molar-refractivity contribution in [1.82, 2.24) is 5.32 Å². The van der Waals surface area contributed by atoms with E-state index in [1.54, 1.807) is 6.92 Å². The molecule has 110 valence electrons. The molecule has 0 aromatic carbocycles. The van der Waals surface area contributed by atoms with E-state index in [2.05, 4.69) is 10.1 Å². The number of rotatable bonds is 8. The fraction of sp³-hybridized carbons (Fsp3) is 0.750. The summed E-state index contributed by atoms with van der Waals surface area (Å²) in [5.41, 5.74) is 0. The third-order valence-corrected chi connectivity index (χ3v) is 2.22. The quantitative estimate of drug-likeness (QED) is 0.419. The van der Waals surface area contributed by atoms with Crippen molar-refractivity contribution in [3.05, 3.63) is 0 Å². The van der Waals surface area contributed by atoms with Crippen LogP contribution in [-0.2, 0) is 19.0 Å². The lowest BCUT2D eigenvalue weighted by Gasteiger charge is -2.08. The molecule has 0 aliphatic carbocycles. The average Bonchev–Trinajstić information content (AvgIpc) is 2.35. The van der Waals surface area contributed by atoms with Crippen LogP contribution >= 0.6 is 12.2 Å². The zero-order valence-corrected chi connectivity index (χ0v) is 12.2. The summed E-state index contributed by atoms with van der Waals surface area (Å²) in [6.45, 7) is 4.68. The van der Waals surface area contributed by atoms with Gasteiger partial charge in [-0.05, 0) is 32.0 Å². The van der Waals surface area contributed by atoms with Crippen molar-refractivity contribution in [3.63, 3.8) is 0 Å². The molecule has 1 amide bonds. The Kier molecular flexibility index (Phi) is 10.9. The van der Waals surface area contributed by atoms with Crippen LogP contribution in [0.3, 0.4) is 0 Å². The Morgan fingerprint density at radius 2 is 1.74 bits per heavy atom. The van der Waals surface area contributed by atoms with Gasteiger partial charge in [0, 0.05) is 6.42 Å². The summed E-state index contributed by atoms with van der Waals surface area (Å²) in [5.74, 6) is -0.249. The Labute approximate surface area is 118 Å². The van der Waals surface area contributed by atoms with Crippen molar-refractivity contribution in [1.29, 1.82) is 0 Å². The smallest absolute Gasteiger partial charge is 0.414 e. The lowest BCUT2D eigenvalue weighted by molar-refractivity contribution is -0.144. The van der Waals surface area contributed by atoms with Gasteiger partial charge in [0.1, 0.15) is 0 Å². The van der Waals surface area contributed by atoms with Crippen LogP contribution in [-0.4, -0.2) is 37.1 Å². The van der Waals surface area contributed by atoms with Gasteiger partial charge >= 0.3 is 12.1 Å². The Morgan fingerprint density at radius 3 is 2.37 bits per heavy atom. The molecule has 0 aliphatic rings. The Morgan fingerprint density at radius 1 is 1.05 bits per heavy atom. The van der Waals surface area contributed by atoms with E-state index in [-0.39, 0.29) is 30.8 Å². The summed E-state index contributed by atoms with van der Waals surface area (Å²) in [6, 6.07) is 0. The van der Waals surface area contributed by atoms with Crippen LogP contribution in [0.4, 0.5) is 4.79 Å². The van der Waals surface area contributed by atoms with E-state index in [1.807, 2.05) is 6.92 Å². The van der Waals surface area contributed by atoms with Crippen LogP contribution in [0.25, 0.3) is 0 Å². The molecule has 0 saturated carbocycles. The Balaban J connectivity index is 3.50. The molecule has 0 aromatic heterocycles. The van der Waals surface area contributed by atoms with Gasteiger partial charge in [0.15, 0.2) is 0 Å². The Hall–Kier alpha value is -1.37. The first kappa shape index (κ1) is 17.6. The summed E-state index contributed by atoms with van der Waals surface area (Å²) >= 11 is 4.76. The van der Waals surface area contributed by atoms with Gasteiger partial charge < -0.3 is 14.2 Å². The molecular weight excluding hydrogens is 270 g/mol. The highest BCUT2D eigenvalue weighted by molar-refractivity contribution is 7.80. The molecule has 6 nitrogen and oxygen atoms in total. The number of hydrogen-bond donors (Lipinski definition) is 1. The number of carbonyl (C=O) groups is 2. The van der Waals surface area contributed by atoms with Gasteiger partial charge in [-0.3, -0.25) is 10.1 Å². The van der Waals surface area contributed by atoms with E-state index in [0.717, 1.165) is 12.8 Å². The number of thiocarbonyl (C=S) groups is 1. The molecular formula is C12H21NO5S. The van der Waals surface area contributed by atoms with Crippen LogP contribution in [0.2, 0.25) is 0 Å². The molecule has 0 spiro atoms. The fourth-order valence-electron chi connectivity index (χ4n) is 1.07. The topological polar surface area (TPSA) is 73.9 Å². The normalized spacial score (nSPS) is 9.58. The molecule has 0 unspecified atom stereocenters. The highest BCUT2D eigenvalue weighted by Gasteiger charge is 2.06. The molecule has 0 atom stereocenters. The molecule has 0 aliphatic heterocycles. The second-order valence-corrected chi connectivity index (χ2v) is 4.03. The van der Waals surface area contributed by atoms with Gasteiger partial charge in [-0.2, -0.15) is 0 Å². The van der Waals surface area contributed by atoms with E-state index < -0.39 is 6.09 Å². The molecule has 7 heteroatoms. The summed E-state index contributed by atoms with van der Waals surface area (Å²) in [7, 11) is 0. The Bertz CT molecular complexity index is 296. The first-order valence-electron chi connectivity index (χ1n) is 6.36. The molecule has 0 radical (unpaired) electrons. The van der Waals surface area contributed by atoms with Gasteiger partial charge in [-0.25, -0.2) is 4.79 Å². The van der Waals surface area contributed by atoms with Crippen LogP contribution in [0.15, 0.2) is 0 Å². The SMILES string of the molecule is CCCCOC(=O)CCCOC(=S)NC(=O)OCC. The van der Waals surface area contributed by atoms with E-state index >= 15 is 0 Å². The summed E-state index contributed by atoms with van der Waals surface area (Å²) in [6.07, 6.45) is 1.97. The molecule has 0 rings (SSSR count). The van der Waals surface area contributed by atoms with E-state index in [1.165, 1.54) is 0 Å². The molecule has 0 heterocycles. The lowest BCUT2D eigenvalue weighted by atomic mass is 10.3. The number of esters is 1. The molecule has 0 bridgehead atoms. The predicted octanol–water partition coefficient (Wildman–Crippen LogP) is 2.16. The summed E-state index contributed by atoms with van der Waals surface area (Å²) in [4.78, 5) is 22.2. The molecule has 0 fully saturated rings. The zero-order valence-electron chi connectivity index (χ0n) is 11.4. The van der Waals surface area contributed by atoms with Gasteiger partial charge in [-0.1, -0.05) is 13.3 Å². The molecule has 0 aromatic rings. The van der Waals surface area contributed by atoms with Gasteiger partial charge in [0.2, 0.25) is 0 Å². The van der Waals surface area contributed by atoms with Crippen molar-refractivity contribution in [3.8, 4) is 0 Å². The number of alkyl carbamates (subject to hydrolysis) is 1. The second-order valence-electron chi connectivity index (χ2n) is 3.66. The third-order valence-electron chi connectivity index (χ3n) is 2.00. The zero-order chi connectivity index (χ0) is 14.5. The van der Waals surface area contributed by atoms with Gasteiger partial charge in [0.25, 0.3) is 5.17 Å². The van der Waals surface area contributed by atoms with E-state index in [0.29, 0.717) is 13.0 Å². The van der Waals surface area contributed by atoms with Gasteiger partial charge in [-0.15, -0.1) is 0 Å². The first-order valence-corrected chi connectivity index (χ1v) is 6.77. The number of unbranched alkanes of at least 4 members (excludes halogenated alkanes) is 1. The van der Waals surface area contributed by atoms with Crippen molar-refractivity contribution in [2.45, 2.75) is 39.5 Å². The maximum absolute atomic E-state index is 11.2. The third kappa shape index (κ3) is 11.5.